The van der Waals surface area contributed by atoms with Crippen molar-refractivity contribution in [2.75, 3.05) is 12.1 Å². The zero-order valence-electron chi connectivity index (χ0n) is 18.1. The third kappa shape index (κ3) is 4.70. The number of thioether (sulfide) groups is 1. The molecule has 7 nitrogen and oxygen atoms in total. The number of ether oxygens (including phenoxy) is 2. The third-order valence-corrected chi connectivity index (χ3v) is 6.16. The smallest absolute Gasteiger partial charge is 0.277 e. The molecule has 1 amide bonds. The molecule has 1 N–H and O–H groups in total. The number of fused-ring (bicyclic) bond motifs is 1. The molecule has 0 saturated carbocycles. The highest BCUT2D eigenvalue weighted by Gasteiger charge is 2.26. The molecule has 166 valence electrons. The number of nitrogens with one attached hydrogen (secondary N) is 1. The van der Waals surface area contributed by atoms with Crippen molar-refractivity contribution >= 4 is 23.4 Å². The SMILES string of the molecule is Cc1cc(C)cc(NC(=O)C(Sc2nnc(-c3ccc4c(c3)OCO4)o2)c2ccccc2)c1. The minimum atomic E-state index is -0.572. The van der Waals surface area contributed by atoms with Crippen LogP contribution in [0.5, 0.6) is 11.5 Å². The molecule has 2 heterocycles. The molecule has 1 aliphatic heterocycles. The molecule has 1 atom stereocenters. The van der Waals surface area contributed by atoms with Gasteiger partial charge in [0.25, 0.3) is 5.22 Å². The van der Waals surface area contributed by atoms with Crippen molar-refractivity contribution in [3.8, 4) is 23.0 Å². The summed E-state index contributed by atoms with van der Waals surface area (Å²) in [6.07, 6.45) is 0. The maximum Gasteiger partial charge on any atom is 0.277 e. The van der Waals surface area contributed by atoms with Gasteiger partial charge in [0.1, 0.15) is 5.25 Å². The molecule has 1 unspecified atom stereocenters. The Kier molecular flexibility index (Phi) is 5.75. The summed E-state index contributed by atoms with van der Waals surface area (Å²) in [5.41, 5.74) is 4.48. The van der Waals surface area contributed by atoms with Gasteiger partial charge in [-0.1, -0.05) is 36.4 Å². The summed E-state index contributed by atoms with van der Waals surface area (Å²) in [5, 5.41) is 11.1. The van der Waals surface area contributed by atoms with Gasteiger partial charge in [-0.2, -0.15) is 0 Å². The number of carbonyl (C=O) groups is 1. The Hall–Kier alpha value is -3.78. The fourth-order valence-corrected chi connectivity index (χ4v) is 4.54. The molecule has 5 rings (SSSR count). The van der Waals surface area contributed by atoms with E-state index in [1.165, 1.54) is 11.8 Å². The van der Waals surface area contributed by atoms with E-state index in [9.17, 15) is 4.79 Å². The lowest BCUT2D eigenvalue weighted by atomic mass is 10.1. The molecule has 0 spiro atoms. The van der Waals surface area contributed by atoms with Gasteiger partial charge >= 0.3 is 0 Å². The highest BCUT2D eigenvalue weighted by Crippen LogP contribution is 2.39. The Morgan fingerprint density at radius 1 is 0.939 bits per heavy atom. The van der Waals surface area contributed by atoms with Crippen LogP contribution in [0.25, 0.3) is 11.5 Å². The predicted octanol–water partition coefficient (Wildman–Crippen LogP) is 5.55. The fraction of sp³-hybridized carbons (Fsp3) is 0.160. The van der Waals surface area contributed by atoms with Crippen LogP contribution in [0.2, 0.25) is 0 Å². The molecule has 8 heteroatoms. The average molecular weight is 460 g/mol. The number of hydrogen-bond acceptors (Lipinski definition) is 7. The summed E-state index contributed by atoms with van der Waals surface area (Å²) in [6.45, 7) is 4.20. The first-order chi connectivity index (χ1) is 16.0. The van der Waals surface area contributed by atoms with Gasteiger partial charge in [-0.25, -0.2) is 0 Å². The zero-order chi connectivity index (χ0) is 22.8. The molecule has 3 aromatic carbocycles. The molecule has 4 aromatic rings. The molecule has 0 saturated heterocycles. The van der Waals surface area contributed by atoms with Gasteiger partial charge < -0.3 is 19.2 Å². The lowest BCUT2D eigenvalue weighted by Crippen LogP contribution is -2.19. The second-order valence-corrected chi connectivity index (χ2v) is 8.77. The van der Waals surface area contributed by atoms with E-state index in [-0.39, 0.29) is 12.7 Å². The molecule has 0 radical (unpaired) electrons. The van der Waals surface area contributed by atoms with Crippen LogP contribution in [-0.2, 0) is 4.79 Å². The Labute approximate surface area is 195 Å². The van der Waals surface area contributed by atoms with Crippen molar-refractivity contribution in [1.29, 1.82) is 0 Å². The lowest BCUT2D eigenvalue weighted by molar-refractivity contribution is -0.115. The van der Waals surface area contributed by atoms with Crippen LogP contribution >= 0.6 is 11.8 Å². The maximum atomic E-state index is 13.3. The Morgan fingerprint density at radius 2 is 1.70 bits per heavy atom. The second-order valence-electron chi connectivity index (χ2n) is 7.72. The van der Waals surface area contributed by atoms with E-state index >= 15 is 0 Å². The van der Waals surface area contributed by atoms with Gasteiger partial charge in [0, 0.05) is 11.3 Å². The Morgan fingerprint density at radius 3 is 2.48 bits per heavy atom. The topological polar surface area (TPSA) is 86.5 Å². The summed E-state index contributed by atoms with van der Waals surface area (Å²) >= 11 is 1.21. The molecule has 0 aliphatic carbocycles. The lowest BCUT2D eigenvalue weighted by Gasteiger charge is -2.16. The monoisotopic (exact) mass is 459 g/mol. The Bertz CT molecular complexity index is 1290. The van der Waals surface area contributed by atoms with E-state index in [4.69, 9.17) is 13.9 Å². The molecular formula is C25H21N3O4S. The normalized spacial score (nSPS) is 13.0. The minimum Gasteiger partial charge on any atom is -0.454 e. The summed E-state index contributed by atoms with van der Waals surface area (Å²) < 4.78 is 16.7. The number of nitrogens with zero attached hydrogens (tertiary/aromatic N) is 2. The molecule has 1 aromatic heterocycles. The van der Waals surface area contributed by atoms with Crippen molar-refractivity contribution in [2.24, 2.45) is 0 Å². The van der Waals surface area contributed by atoms with E-state index in [0.717, 1.165) is 27.9 Å². The van der Waals surface area contributed by atoms with Gasteiger partial charge in [-0.3, -0.25) is 4.79 Å². The number of rotatable bonds is 6. The maximum absolute atomic E-state index is 13.3. The van der Waals surface area contributed by atoms with Gasteiger partial charge in [0.2, 0.25) is 18.6 Å². The molecular weight excluding hydrogens is 438 g/mol. The van der Waals surface area contributed by atoms with Gasteiger partial charge in [-0.15, -0.1) is 10.2 Å². The van der Waals surface area contributed by atoms with E-state index in [1.54, 1.807) is 12.1 Å². The first-order valence-corrected chi connectivity index (χ1v) is 11.3. The number of aromatic nitrogens is 2. The van der Waals surface area contributed by atoms with Gasteiger partial charge in [-0.05, 0) is 72.6 Å². The summed E-state index contributed by atoms with van der Waals surface area (Å²) in [5.74, 6) is 1.49. The third-order valence-electron chi connectivity index (χ3n) is 5.07. The van der Waals surface area contributed by atoms with E-state index < -0.39 is 5.25 Å². The average Bonchev–Trinajstić information content (AvgIpc) is 3.46. The molecule has 33 heavy (non-hydrogen) atoms. The number of benzene rings is 3. The van der Waals surface area contributed by atoms with Crippen molar-refractivity contribution in [3.05, 3.63) is 83.4 Å². The zero-order valence-corrected chi connectivity index (χ0v) is 18.9. The number of amides is 1. The van der Waals surface area contributed by atoms with Gasteiger partial charge in [0.05, 0.1) is 0 Å². The highest BCUT2D eigenvalue weighted by atomic mass is 32.2. The molecule has 1 aliphatic rings. The van der Waals surface area contributed by atoms with Crippen LogP contribution in [0.15, 0.2) is 76.4 Å². The first kappa shape index (κ1) is 21.1. The number of hydrogen-bond donors (Lipinski definition) is 1. The van der Waals surface area contributed by atoms with Crippen molar-refractivity contribution in [3.63, 3.8) is 0 Å². The van der Waals surface area contributed by atoms with Crippen molar-refractivity contribution in [1.82, 2.24) is 10.2 Å². The van der Waals surface area contributed by atoms with Gasteiger partial charge in [0.15, 0.2) is 11.5 Å². The second kappa shape index (κ2) is 8.99. The largest absolute Gasteiger partial charge is 0.454 e. The quantitative estimate of drug-likeness (QED) is 0.378. The van der Waals surface area contributed by atoms with E-state index in [1.807, 2.05) is 62.4 Å². The number of carbonyl (C=O) groups excluding carboxylic acids is 1. The molecule has 0 fully saturated rings. The standard InChI is InChI=1S/C25H21N3O4S/c1-15-10-16(2)12-19(11-15)26-23(29)22(17-6-4-3-5-7-17)33-25-28-27-24(32-25)18-8-9-20-21(13-18)31-14-30-20/h3-13,22H,14H2,1-2H3,(H,26,29). The summed E-state index contributed by atoms with van der Waals surface area (Å²) in [4.78, 5) is 13.3. The summed E-state index contributed by atoms with van der Waals surface area (Å²) in [6, 6.07) is 20.9. The van der Waals surface area contributed by atoms with Crippen molar-refractivity contribution in [2.45, 2.75) is 24.3 Å². The van der Waals surface area contributed by atoms with Crippen LogP contribution < -0.4 is 14.8 Å². The highest BCUT2D eigenvalue weighted by molar-refractivity contribution is 8.00. The Balaban J connectivity index is 1.39. The number of aryl methyl sites for hydroxylation is 2. The predicted molar refractivity (Wildman–Crippen MR) is 125 cm³/mol. The van der Waals surface area contributed by atoms with Crippen LogP contribution in [0.3, 0.4) is 0 Å². The molecule has 0 bridgehead atoms. The van der Waals surface area contributed by atoms with Crippen LogP contribution in [0, 0.1) is 13.8 Å². The van der Waals surface area contributed by atoms with Crippen LogP contribution in [0.1, 0.15) is 21.9 Å². The van der Waals surface area contributed by atoms with E-state index in [0.29, 0.717) is 22.6 Å². The summed E-state index contributed by atoms with van der Waals surface area (Å²) in [7, 11) is 0. The van der Waals surface area contributed by atoms with E-state index in [2.05, 4.69) is 21.6 Å². The minimum absolute atomic E-state index is 0.168. The van der Waals surface area contributed by atoms with Crippen LogP contribution in [0.4, 0.5) is 5.69 Å². The fourth-order valence-electron chi connectivity index (χ4n) is 3.66. The first-order valence-electron chi connectivity index (χ1n) is 10.4. The van der Waals surface area contributed by atoms with Crippen molar-refractivity contribution < 1.29 is 18.7 Å². The van der Waals surface area contributed by atoms with Crippen LogP contribution in [-0.4, -0.2) is 22.9 Å². The number of anilines is 1.